The number of rotatable bonds is 1. The maximum absolute atomic E-state index is 11.5. The Morgan fingerprint density at radius 2 is 2.15 bits per heavy atom. The van der Waals surface area contributed by atoms with Crippen molar-refractivity contribution in [3.8, 4) is 0 Å². The third-order valence-electron chi connectivity index (χ3n) is 2.96. The Morgan fingerprint density at radius 1 is 1.40 bits per heavy atom. The quantitative estimate of drug-likeness (QED) is 0.683. The summed E-state index contributed by atoms with van der Waals surface area (Å²) in [5.41, 5.74) is -0.128. The van der Waals surface area contributed by atoms with Crippen LogP contribution >= 0.6 is 23.2 Å². The SMILES string of the molecule is O=c1[nH]cnc2c1ncn2[C@@H]1OC(=C(Cl)Cl)[C@@H](O)[C@H]1O. The Labute approximate surface area is 121 Å². The van der Waals surface area contributed by atoms with Gasteiger partial charge in [0, 0.05) is 0 Å². The normalized spacial score (nSPS) is 26.0. The average Bonchev–Trinajstić information content (AvgIpc) is 2.94. The molecule has 0 bridgehead atoms. The van der Waals surface area contributed by atoms with Gasteiger partial charge in [-0.2, -0.15) is 0 Å². The van der Waals surface area contributed by atoms with E-state index in [-0.39, 0.29) is 21.4 Å². The van der Waals surface area contributed by atoms with E-state index < -0.39 is 24.0 Å². The van der Waals surface area contributed by atoms with Crippen LogP contribution in [0.25, 0.3) is 11.2 Å². The number of aromatic amines is 1. The van der Waals surface area contributed by atoms with E-state index in [0.717, 1.165) is 0 Å². The Kier molecular flexibility index (Phi) is 3.17. The lowest BCUT2D eigenvalue weighted by atomic mass is 10.2. The van der Waals surface area contributed by atoms with E-state index in [1.54, 1.807) is 0 Å². The van der Waals surface area contributed by atoms with Gasteiger partial charge in [0.15, 0.2) is 16.9 Å². The predicted octanol–water partition coefficient (Wildman–Crippen LogP) is 0.0169. The molecule has 3 atom stereocenters. The van der Waals surface area contributed by atoms with Crippen LogP contribution in [0.15, 0.2) is 27.7 Å². The highest BCUT2D eigenvalue weighted by atomic mass is 35.5. The minimum absolute atomic E-state index is 0.0900. The largest absolute Gasteiger partial charge is 0.466 e. The summed E-state index contributed by atoms with van der Waals surface area (Å²) in [6, 6.07) is 0. The molecule has 0 radical (unpaired) electrons. The number of aliphatic hydroxyl groups is 2. The molecule has 106 valence electrons. The van der Waals surface area contributed by atoms with E-state index in [2.05, 4.69) is 15.0 Å². The number of aliphatic hydroxyl groups excluding tert-OH is 2. The molecule has 2 aromatic rings. The second kappa shape index (κ2) is 4.74. The summed E-state index contributed by atoms with van der Waals surface area (Å²) in [6.07, 6.45) is -1.25. The first-order chi connectivity index (χ1) is 9.50. The Balaban J connectivity index is 2.11. The van der Waals surface area contributed by atoms with Gasteiger partial charge >= 0.3 is 0 Å². The number of ether oxygens (including phenoxy) is 1. The fourth-order valence-electron chi connectivity index (χ4n) is 2.01. The summed E-state index contributed by atoms with van der Waals surface area (Å²) in [6.45, 7) is 0. The second-order valence-corrected chi connectivity index (χ2v) is 5.07. The van der Waals surface area contributed by atoms with Crippen molar-refractivity contribution in [1.29, 1.82) is 0 Å². The van der Waals surface area contributed by atoms with Crippen LogP contribution in [0.1, 0.15) is 6.23 Å². The summed E-state index contributed by atoms with van der Waals surface area (Å²) in [4.78, 5) is 21.8. The highest BCUT2D eigenvalue weighted by molar-refractivity contribution is 6.56. The summed E-state index contributed by atoms with van der Waals surface area (Å²) >= 11 is 11.1. The average molecular weight is 319 g/mol. The molecule has 10 heteroatoms. The van der Waals surface area contributed by atoms with E-state index in [1.165, 1.54) is 17.2 Å². The zero-order chi connectivity index (χ0) is 14.4. The molecule has 1 saturated heterocycles. The van der Waals surface area contributed by atoms with Crippen LogP contribution in [0.3, 0.4) is 0 Å². The van der Waals surface area contributed by atoms with Crippen molar-refractivity contribution in [3.63, 3.8) is 0 Å². The summed E-state index contributed by atoms with van der Waals surface area (Å²) in [5.74, 6) is -0.141. The van der Waals surface area contributed by atoms with Crippen LogP contribution in [0.5, 0.6) is 0 Å². The number of hydrogen-bond acceptors (Lipinski definition) is 6. The van der Waals surface area contributed by atoms with Gasteiger partial charge in [0.25, 0.3) is 5.56 Å². The van der Waals surface area contributed by atoms with Gasteiger partial charge in [-0.25, -0.2) is 9.97 Å². The molecule has 1 aliphatic heterocycles. The van der Waals surface area contributed by atoms with E-state index in [0.29, 0.717) is 0 Å². The highest BCUT2D eigenvalue weighted by Crippen LogP contribution is 2.36. The Bertz CT molecular complexity index is 751. The molecule has 3 rings (SSSR count). The first-order valence-corrected chi connectivity index (χ1v) is 6.24. The minimum Gasteiger partial charge on any atom is -0.466 e. The van der Waals surface area contributed by atoms with Gasteiger partial charge in [0.2, 0.25) is 6.23 Å². The van der Waals surface area contributed by atoms with Crippen LogP contribution < -0.4 is 5.56 Å². The molecule has 0 unspecified atom stereocenters. The second-order valence-electron chi connectivity index (χ2n) is 4.12. The number of hydrogen-bond donors (Lipinski definition) is 3. The molecule has 20 heavy (non-hydrogen) atoms. The van der Waals surface area contributed by atoms with Gasteiger partial charge in [-0.3, -0.25) is 9.36 Å². The molecule has 2 aromatic heterocycles. The van der Waals surface area contributed by atoms with Gasteiger partial charge in [0.05, 0.1) is 6.33 Å². The van der Waals surface area contributed by atoms with E-state index in [9.17, 15) is 15.0 Å². The van der Waals surface area contributed by atoms with Crippen molar-refractivity contribution in [1.82, 2.24) is 19.5 Å². The molecule has 3 heterocycles. The van der Waals surface area contributed by atoms with Crippen LogP contribution in [0.4, 0.5) is 0 Å². The van der Waals surface area contributed by atoms with Crippen LogP contribution in [-0.4, -0.2) is 41.9 Å². The molecule has 8 nitrogen and oxygen atoms in total. The summed E-state index contributed by atoms with van der Waals surface area (Å²) < 4.78 is 6.36. The predicted molar refractivity (Wildman–Crippen MR) is 69.0 cm³/mol. The maximum Gasteiger partial charge on any atom is 0.278 e. The topological polar surface area (TPSA) is 113 Å². The number of halogens is 2. The van der Waals surface area contributed by atoms with Crippen molar-refractivity contribution >= 4 is 34.4 Å². The number of nitrogens with one attached hydrogen (secondary N) is 1. The molecule has 0 aromatic carbocycles. The monoisotopic (exact) mass is 318 g/mol. The van der Waals surface area contributed by atoms with E-state index in [1.807, 2.05) is 0 Å². The van der Waals surface area contributed by atoms with Gasteiger partial charge in [0.1, 0.15) is 23.0 Å². The molecule has 3 N–H and O–H groups in total. The van der Waals surface area contributed by atoms with Crippen molar-refractivity contribution in [2.45, 2.75) is 18.4 Å². The minimum atomic E-state index is -1.37. The molecule has 0 aliphatic carbocycles. The smallest absolute Gasteiger partial charge is 0.278 e. The standard InChI is InChI=1S/C10H8Cl2N4O4/c11-7(12)6-4(17)5(18)10(20-6)16-2-15-3-8(16)13-1-14-9(3)19/h1-2,4-5,10,17-18H,(H,13,14,19)/t4-,5+,10+/m0/s1. The van der Waals surface area contributed by atoms with Crippen molar-refractivity contribution in [3.05, 3.63) is 33.3 Å². The van der Waals surface area contributed by atoms with E-state index in [4.69, 9.17) is 27.9 Å². The summed E-state index contributed by atoms with van der Waals surface area (Å²) in [7, 11) is 0. The molecular weight excluding hydrogens is 311 g/mol. The van der Waals surface area contributed by atoms with Gasteiger partial charge in [-0.1, -0.05) is 23.2 Å². The Hall–Kier alpha value is -1.61. The molecule has 1 aliphatic rings. The van der Waals surface area contributed by atoms with Gasteiger partial charge in [-0.05, 0) is 0 Å². The molecule has 1 fully saturated rings. The number of imidazole rings is 1. The van der Waals surface area contributed by atoms with E-state index >= 15 is 0 Å². The van der Waals surface area contributed by atoms with Crippen molar-refractivity contribution in [2.24, 2.45) is 0 Å². The fraction of sp³-hybridized carbons (Fsp3) is 0.300. The molecular formula is C10H8Cl2N4O4. The van der Waals surface area contributed by atoms with Gasteiger partial charge in [-0.15, -0.1) is 0 Å². The number of fused-ring (bicyclic) bond motifs is 1. The zero-order valence-electron chi connectivity index (χ0n) is 9.70. The maximum atomic E-state index is 11.5. The van der Waals surface area contributed by atoms with Crippen molar-refractivity contribution in [2.75, 3.05) is 0 Å². The third kappa shape index (κ3) is 1.88. The van der Waals surface area contributed by atoms with Crippen LogP contribution in [0.2, 0.25) is 0 Å². The Morgan fingerprint density at radius 3 is 2.80 bits per heavy atom. The third-order valence-corrected chi connectivity index (χ3v) is 3.33. The lowest BCUT2D eigenvalue weighted by Crippen LogP contribution is -2.27. The van der Waals surface area contributed by atoms with Crippen LogP contribution in [0, 0.1) is 0 Å². The highest BCUT2D eigenvalue weighted by Gasteiger charge is 2.43. The lowest BCUT2D eigenvalue weighted by Gasteiger charge is -2.15. The molecule has 0 saturated carbocycles. The molecule has 0 spiro atoms. The van der Waals surface area contributed by atoms with Gasteiger partial charge < -0.3 is 19.9 Å². The van der Waals surface area contributed by atoms with Crippen molar-refractivity contribution < 1.29 is 14.9 Å². The number of nitrogens with zero attached hydrogens (tertiary/aromatic N) is 3. The number of aromatic nitrogens is 4. The first kappa shape index (κ1) is 13.4. The zero-order valence-corrected chi connectivity index (χ0v) is 11.2. The first-order valence-electron chi connectivity index (χ1n) is 5.49. The summed E-state index contributed by atoms with van der Waals surface area (Å²) in [5, 5.41) is 19.8. The lowest BCUT2D eigenvalue weighted by molar-refractivity contribution is -0.0118. The number of H-pyrrole nitrogens is 1. The molecule has 0 amide bonds. The fourth-order valence-corrected chi connectivity index (χ4v) is 2.32. The van der Waals surface area contributed by atoms with Crippen LogP contribution in [-0.2, 0) is 4.74 Å².